The highest BCUT2D eigenvalue weighted by molar-refractivity contribution is 8.01. The third-order valence-corrected chi connectivity index (χ3v) is 8.57. The van der Waals surface area contributed by atoms with E-state index in [1.807, 2.05) is 20.8 Å². The first-order valence-corrected chi connectivity index (χ1v) is 13.6. The molecule has 0 radical (unpaired) electrons. The predicted molar refractivity (Wildman–Crippen MR) is 130 cm³/mol. The van der Waals surface area contributed by atoms with Crippen LogP contribution in [0.5, 0.6) is 0 Å². The van der Waals surface area contributed by atoms with Gasteiger partial charge in [-0.15, -0.1) is 11.3 Å². The predicted octanol–water partition coefficient (Wildman–Crippen LogP) is 3.98. The van der Waals surface area contributed by atoms with Gasteiger partial charge in [-0.1, -0.05) is 29.5 Å². The quantitative estimate of drug-likeness (QED) is 0.455. The molecule has 0 saturated carbocycles. The standard InChI is InChI=1S/C22H25N3O4S3/c1-4-25(5-2)21(27)13-30-22-24-18-11-8-16(12-19(18)31-22)23-20(26)14-32(28,29)17-9-6-15(3)7-10-17/h6-12H,4-5,13-14H2,1-3H3,(H,23,26). The van der Waals surface area contributed by atoms with Crippen LogP contribution in [0.4, 0.5) is 5.69 Å². The number of nitrogens with one attached hydrogen (secondary N) is 1. The summed E-state index contributed by atoms with van der Waals surface area (Å²) in [4.78, 5) is 31.0. The molecule has 3 rings (SSSR count). The molecule has 7 nitrogen and oxygen atoms in total. The van der Waals surface area contributed by atoms with Crippen molar-refractivity contribution in [3.8, 4) is 0 Å². The van der Waals surface area contributed by atoms with Crippen molar-refractivity contribution in [2.45, 2.75) is 30.0 Å². The average molecular weight is 492 g/mol. The number of carbonyl (C=O) groups is 2. The number of nitrogens with zero attached hydrogens (tertiary/aromatic N) is 2. The minimum atomic E-state index is -3.72. The first-order chi connectivity index (χ1) is 15.2. The van der Waals surface area contributed by atoms with Crippen molar-refractivity contribution in [3.05, 3.63) is 48.0 Å². The van der Waals surface area contributed by atoms with Crippen LogP contribution in [-0.4, -0.2) is 54.7 Å². The number of thioether (sulfide) groups is 1. The Morgan fingerprint density at radius 2 is 1.78 bits per heavy atom. The van der Waals surface area contributed by atoms with Crippen LogP contribution in [0.15, 0.2) is 51.7 Å². The van der Waals surface area contributed by atoms with E-state index in [9.17, 15) is 18.0 Å². The molecule has 0 spiro atoms. The summed E-state index contributed by atoms with van der Waals surface area (Å²) in [5.74, 6) is -0.844. The van der Waals surface area contributed by atoms with Crippen molar-refractivity contribution in [2.24, 2.45) is 0 Å². The smallest absolute Gasteiger partial charge is 0.239 e. The fraction of sp³-hybridized carbons (Fsp3) is 0.318. The number of carbonyl (C=O) groups excluding carboxylic acids is 2. The van der Waals surface area contributed by atoms with Crippen molar-refractivity contribution >= 4 is 60.7 Å². The monoisotopic (exact) mass is 491 g/mol. The minimum absolute atomic E-state index is 0.0713. The molecule has 1 N–H and O–H groups in total. The zero-order valence-corrected chi connectivity index (χ0v) is 20.6. The number of hydrogen-bond donors (Lipinski definition) is 1. The molecule has 0 aliphatic heterocycles. The van der Waals surface area contributed by atoms with Crippen molar-refractivity contribution in [3.63, 3.8) is 0 Å². The Balaban J connectivity index is 1.64. The normalized spacial score (nSPS) is 11.5. The molecular weight excluding hydrogens is 466 g/mol. The first-order valence-electron chi connectivity index (χ1n) is 10.1. The van der Waals surface area contributed by atoms with Gasteiger partial charge >= 0.3 is 0 Å². The summed E-state index contributed by atoms with van der Waals surface area (Å²) < 4.78 is 26.6. The highest BCUT2D eigenvalue weighted by atomic mass is 32.2. The van der Waals surface area contributed by atoms with Gasteiger partial charge in [0.15, 0.2) is 14.2 Å². The van der Waals surface area contributed by atoms with Crippen molar-refractivity contribution < 1.29 is 18.0 Å². The lowest BCUT2D eigenvalue weighted by atomic mass is 10.2. The Hall–Kier alpha value is -2.43. The summed E-state index contributed by atoms with van der Waals surface area (Å²) in [5.41, 5.74) is 2.21. The van der Waals surface area contributed by atoms with Crippen LogP contribution in [-0.2, 0) is 19.4 Å². The number of benzene rings is 2. The lowest BCUT2D eigenvalue weighted by molar-refractivity contribution is -0.128. The first kappa shape index (κ1) is 24.2. The Labute approximate surface area is 196 Å². The molecule has 10 heteroatoms. The molecule has 0 fully saturated rings. The van der Waals surface area contributed by atoms with Gasteiger partial charge in [0, 0.05) is 18.8 Å². The van der Waals surface area contributed by atoms with Crippen LogP contribution in [0.25, 0.3) is 10.2 Å². The van der Waals surface area contributed by atoms with Crippen LogP contribution < -0.4 is 5.32 Å². The van der Waals surface area contributed by atoms with E-state index < -0.39 is 21.5 Å². The summed E-state index contributed by atoms with van der Waals surface area (Å²) in [6.45, 7) is 7.12. The third-order valence-electron chi connectivity index (χ3n) is 4.79. The minimum Gasteiger partial charge on any atom is -0.343 e. The number of sulfone groups is 1. The Morgan fingerprint density at radius 3 is 2.44 bits per heavy atom. The molecule has 170 valence electrons. The summed E-state index contributed by atoms with van der Waals surface area (Å²) in [6.07, 6.45) is 0. The second-order valence-electron chi connectivity index (χ2n) is 7.14. The number of fused-ring (bicyclic) bond motifs is 1. The fourth-order valence-electron chi connectivity index (χ4n) is 3.03. The fourth-order valence-corrected chi connectivity index (χ4v) is 6.18. The zero-order chi connectivity index (χ0) is 23.3. The van der Waals surface area contributed by atoms with E-state index in [0.717, 1.165) is 20.1 Å². The molecule has 0 aliphatic carbocycles. The summed E-state index contributed by atoms with van der Waals surface area (Å²) in [6, 6.07) is 11.6. The second-order valence-corrected chi connectivity index (χ2v) is 11.4. The van der Waals surface area contributed by atoms with Crippen molar-refractivity contribution in [1.82, 2.24) is 9.88 Å². The number of thiazole rings is 1. The number of anilines is 1. The Morgan fingerprint density at radius 1 is 1.09 bits per heavy atom. The van der Waals surface area contributed by atoms with E-state index in [1.54, 1.807) is 35.2 Å². The van der Waals surface area contributed by atoms with Crippen LogP contribution in [0.1, 0.15) is 19.4 Å². The molecular formula is C22H25N3O4S3. The molecule has 2 amide bonds. The number of rotatable bonds is 9. The molecule has 0 saturated heterocycles. The lowest BCUT2D eigenvalue weighted by Gasteiger charge is -2.17. The summed E-state index contributed by atoms with van der Waals surface area (Å²) in [5, 5.41) is 2.65. The maximum Gasteiger partial charge on any atom is 0.239 e. The second kappa shape index (κ2) is 10.5. The molecule has 1 heterocycles. The average Bonchev–Trinajstić information content (AvgIpc) is 3.15. The van der Waals surface area contributed by atoms with Crippen LogP contribution in [0.3, 0.4) is 0 Å². The SMILES string of the molecule is CCN(CC)C(=O)CSc1nc2ccc(NC(=O)CS(=O)(=O)c3ccc(C)cc3)cc2s1. The molecule has 0 unspecified atom stereocenters. The van der Waals surface area contributed by atoms with Gasteiger partial charge < -0.3 is 10.2 Å². The van der Waals surface area contributed by atoms with Gasteiger partial charge in [0.2, 0.25) is 11.8 Å². The van der Waals surface area contributed by atoms with Crippen LogP contribution in [0, 0.1) is 6.92 Å². The van der Waals surface area contributed by atoms with Gasteiger partial charge in [-0.3, -0.25) is 9.59 Å². The van der Waals surface area contributed by atoms with Gasteiger partial charge in [0.25, 0.3) is 0 Å². The zero-order valence-electron chi connectivity index (χ0n) is 18.1. The van der Waals surface area contributed by atoms with E-state index in [2.05, 4.69) is 10.3 Å². The largest absolute Gasteiger partial charge is 0.343 e. The maximum atomic E-state index is 12.5. The lowest BCUT2D eigenvalue weighted by Crippen LogP contribution is -2.31. The molecule has 2 aromatic carbocycles. The van der Waals surface area contributed by atoms with Gasteiger partial charge in [-0.2, -0.15) is 0 Å². The van der Waals surface area contributed by atoms with Gasteiger partial charge in [-0.05, 0) is 51.1 Å². The Kier molecular flexibility index (Phi) is 7.91. The third kappa shape index (κ3) is 6.08. The summed E-state index contributed by atoms with van der Waals surface area (Å²) in [7, 11) is -3.72. The molecule has 32 heavy (non-hydrogen) atoms. The van der Waals surface area contributed by atoms with Gasteiger partial charge in [-0.25, -0.2) is 13.4 Å². The number of amides is 2. The molecule has 3 aromatic rings. The molecule has 1 aromatic heterocycles. The topological polar surface area (TPSA) is 96.4 Å². The number of aromatic nitrogens is 1. The van der Waals surface area contributed by atoms with Crippen molar-refractivity contribution in [2.75, 3.05) is 29.9 Å². The van der Waals surface area contributed by atoms with Gasteiger partial charge in [0.05, 0.1) is 20.9 Å². The van der Waals surface area contributed by atoms with E-state index >= 15 is 0 Å². The number of hydrogen-bond acceptors (Lipinski definition) is 7. The van der Waals surface area contributed by atoms with E-state index in [4.69, 9.17) is 0 Å². The van der Waals surface area contributed by atoms with E-state index in [-0.39, 0.29) is 10.8 Å². The van der Waals surface area contributed by atoms with Gasteiger partial charge in [0.1, 0.15) is 5.75 Å². The molecule has 0 atom stereocenters. The van der Waals surface area contributed by atoms with Crippen LogP contribution >= 0.6 is 23.1 Å². The summed E-state index contributed by atoms with van der Waals surface area (Å²) >= 11 is 2.82. The Bertz CT molecular complexity index is 1220. The maximum absolute atomic E-state index is 12.5. The molecule has 0 aliphatic rings. The van der Waals surface area contributed by atoms with Crippen molar-refractivity contribution in [1.29, 1.82) is 0 Å². The van der Waals surface area contributed by atoms with E-state index in [0.29, 0.717) is 24.5 Å². The highest BCUT2D eigenvalue weighted by Gasteiger charge is 2.19. The molecule has 0 bridgehead atoms. The van der Waals surface area contributed by atoms with E-state index in [1.165, 1.54) is 35.2 Å². The highest BCUT2D eigenvalue weighted by Crippen LogP contribution is 2.31. The number of aryl methyl sites for hydroxylation is 1. The van der Waals surface area contributed by atoms with Crippen LogP contribution in [0.2, 0.25) is 0 Å².